The van der Waals surface area contributed by atoms with Gasteiger partial charge in [-0.15, -0.1) is 0 Å². The molecule has 1 amide bonds. The number of hydrogen-bond donors (Lipinski definition) is 1. The Labute approximate surface area is 179 Å². The summed E-state index contributed by atoms with van der Waals surface area (Å²) in [6, 6.07) is 22.6. The van der Waals surface area contributed by atoms with Gasteiger partial charge >= 0.3 is 0 Å². The molecule has 146 valence electrons. The van der Waals surface area contributed by atoms with Crippen molar-refractivity contribution in [3.63, 3.8) is 0 Å². The van der Waals surface area contributed by atoms with Gasteiger partial charge in [0.1, 0.15) is 11.3 Å². The third-order valence-corrected chi connectivity index (χ3v) is 5.54. The Bertz CT molecular complexity index is 1410. The molecule has 4 aromatic carbocycles. The van der Waals surface area contributed by atoms with E-state index < -0.39 is 0 Å². The topological polar surface area (TPSA) is 55.1 Å². The number of benzene rings is 4. The number of fused-ring (bicyclic) bond motifs is 2. The lowest BCUT2D eigenvalue weighted by Gasteiger charge is -2.09. The van der Waals surface area contributed by atoms with Crippen LogP contribution in [0.4, 0.5) is 10.1 Å². The molecule has 0 saturated carbocycles. The Kier molecular flexibility index (Phi) is 4.56. The molecule has 1 aromatic heterocycles. The lowest BCUT2D eigenvalue weighted by atomic mass is 10.0. The molecule has 0 bridgehead atoms. The molecule has 0 spiro atoms. The van der Waals surface area contributed by atoms with Gasteiger partial charge in [-0.25, -0.2) is 9.37 Å². The van der Waals surface area contributed by atoms with Crippen molar-refractivity contribution >= 4 is 49.4 Å². The summed E-state index contributed by atoms with van der Waals surface area (Å²) in [5, 5.41) is 4.77. The minimum atomic E-state index is -0.319. The summed E-state index contributed by atoms with van der Waals surface area (Å²) in [6.07, 6.45) is 0. The summed E-state index contributed by atoms with van der Waals surface area (Å²) in [5.41, 5.74) is 3.06. The van der Waals surface area contributed by atoms with Gasteiger partial charge in [0.05, 0.1) is 0 Å². The molecule has 0 saturated heterocycles. The van der Waals surface area contributed by atoms with E-state index in [2.05, 4.69) is 26.2 Å². The van der Waals surface area contributed by atoms with Crippen LogP contribution in [-0.4, -0.2) is 10.9 Å². The largest absolute Gasteiger partial charge is 0.436 e. The highest BCUT2D eigenvalue weighted by Crippen LogP contribution is 2.29. The molecule has 1 heterocycles. The Balaban J connectivity index is 1.46. The quantitative estimate of drug-likeness (QED) is 0.322. The standard InChI is InChI=1S/C24H14BrFN2O2/c25-20-6-2-3-17-18(20)4-1-5-19(17)23(29)27-16-11-12-22-21(13-16)28-24(30-22)14-7-9-15(26)10-8-14/h1-13H,(H,27,29). The van der Waals surface area contributed by atoms with Crippen LogP contribution in [0.3, 0.4) is 0 Å². The first-order valence-corrected chi connectivity index (χ1v) is 10.0. The Morgan fingerprint density at radius 2 is 1.70 bits per heavy atom. The van der Waals surface area contributed by atoms with Crippen molar-refractivity contribution in [3.8, 4) is 11.5 Å². The smallest absolute Gasteiger partial charge is 0.256 e. The maximum absolute atomic E-state index is 13.1. The molecule has 0 atom stereocenters. The molecule has 4 nitrogen and oxygen atoms in total. The summed E-state index contributed by atoms with van der Waals surface area (Å²) in [7, 11) is 0. The van der Waals surface area contributed by atoms with Crippen molar-refractivity contribution in [2.45, 2.75) is 0 Å². The highest BCUT2D eigenvalue weighted by atomic mass is 79.9. The average molecular weight is 461 g/mol. The van der Waals surface area contributed by atoms with E-state index in [0.717, 1.165) is 15.2 Å². The Morgan fingerprint density at radius 3 is 2.53 bits per heavy atom. The van der Waals surface area contributed by atoms with Gasteiger partial charge in [-0.1, -0.05) is 40.2 Å². The summed E-state index contributed by atoms with van der Waals surface area (Å²) in [6.45, 7) is 0. The van der Waals surface area contributed by atoms with E-state index in [1.807, 2.05) is 30.3 Å². The fraction of sp³-hybridized carbons (Fsp3) is 0. The third-order valence-electron chi connectivity index (χ3n) is 4.85. The van der Waals surface area contributed by atoms with Gasteiger partial charge < -0.3 is 9.73 Å². The van der Waals surface area contributed by atoms with Crippen LogP contribution in [0.1, 0.15) is 10.4 Å². The van der Waals surface area contributed by atoms with Crippen LogP contribution < -0.4 is 5.32 Å². The number of oxazole rings is 1. The number of amides is 1. The van der Waals surface area contributed by atoms with Crippen molar-refractivity contribution in [1.82, 2.24) is 4.98 Å². The highest BCUT2D eigenvalue weighted by molar-refractivity contribution is 9.10. The molecule has 0 aliphatic carbocycles. The van der Waals surface area contributed by atoms with E-state index in [-0.39, 0.29) is 11.7 Å². The van der Waals surface area contributed by atoms with Gasteiger partial charge in [-0.05, 0) is 65.4 Å². The Morgan fingerprint density at radius 1 is 0.933 bits per heavy atom. The molecule has 0 radical (unpaired) electrons. The molecule has 5 aromatic rings. The SMILES string of the molecule is O=C(Nc1ccc2oc(-c3ccc(F)cc3)nc2c1)c1cccc2c(Br)cccc12. The number of anilines is 1. The van der Waals surface area contributed by atoms with E-state index in [9.17, 15) is 9.18 Å². The number of rotatable bonds is 3. The second-order valence-corrected chi connectivity index (χ2v) is 7.66. The second kappa shape index (κ2) is 7.39. The van der Waals surface area contributed by atoms with Crippen LogP contribution in [0.15, 0.2) is 87.8 Å². The summed E-state index contributed by atoms with van der Waals surface area (Å²) in [4.78, 5) is 17.4. The van der Waals surface area contributed by atoms with Crippen molar-refractivity contribution in [2.24, 2.45) is 0 Å². The molecule has 0 fully saturated rings. The van der Waals surface area contributed by atoms with Crippen LogP contribution in [0.5, 0.6) is 0 Å². The Hall–Kier alpha value is -3.51. The zero-order chi connectivity index (χ0) is 20.7. The van der Waals surface area contributed by atoms with Crippen molar-refractivity contribution in [3.05, 3.63) is 94.7 Å². The van der Waals surface area contributed by atoms with Crippen molar-refractivity contribution in [1.29, 1.82) is 0 Å². The molecule has 0 aliphatic heterocycles. The van der Waals surface area contributed by atoms with Crippen molar-refractivity contribution < 1.29 is 13.6 Å². The van der Waals surface area contributed by atoms with Crippen LogP contribution in [0.2, 0.25) is 0 Å². The van der Waals surface area contributed by atoms with Gasteiger partial charge in [0, 0.05) is 21.3 Å². The van der Waals surface area contributed by atoms with Gasteiger partial charge in [-0.2, -0.15) is 0 Å². The number of aromatic nitrogens is 1. The number of carbonyl (C=O) groups is 1. The molecular formula is C24H14BrFN2O2. The van der Waals surface area contributed by atoms with Crippen LogP contribution in [0.25, 0.3) is 33.3 Å². The zero-order valence-electron chi connectivity index (χ0n) is 15.5. The normalized spacial score (nSPS) is 11.1. The third kappa shape index (κ3) is 3.35. The number of nitrogens with one attached hydrogen (secondary N) is 1. The van der Waals surface area contributed by atoms with Gasteiger partial charge in [0.2, 0.25) is 5.89 Å². The average Bonchev–Trinajstić information content (AvgIpc) is 3.17. The molecule has 0 aliphatic rings. The van der Waals surface area contributed by atoms with E-state index in [0.29, 0.717) is 33.8 Å². The summed E-state index contributed by atoms with van der Waals surface area (Å²) < 4.78 is 19.8. The number of hydrogen-bond acceptors (Lipinski definition) is 3. The first-order valence-electron chi connectivity index (χ1n) is 9.23. The van der Waals surface area contributed by atoms with E-state index in [1.165, 1.54) is 12.1 Å². The maximum atomic E-state index is 13.1. The monoisotopic (exact) mass is 460 g/mol. The minimum Gasteiger partial charge on any atom is -0.436 e. The van der Waals surface area contributed by atoms with Crippen molar-refractivity contribution in [2.75, 3.05) is 5.32 Å². The molecule has 0 unspecified atom stereocenters. The van der Waals surface area contributed by atoms with E-state index >= 15 is 0 Å². The van der Waals surface area contributed by atoms with E-state index in [4.69, 9.17) is 4.42 Å². The first-order chi connectivity index (χ1) is 14.6. The molecular weight excluding hydrogens is 447 g/mol. The second-order valence-electron chi connectivity index (χ2n) is 6.80. The predicted molar refractivity (Wildman–Crippen MR) is 119 cm³/mol. The summed E-state index contributed by atoms with van der Waals surface area (Å²) >= 11 is 3.53. The van der Waals surface area contributed by atoms with Gasteiger partial charge in [0.25, 0.3) is 5.91 Å². The molecule has 6 heteroatoms. The molecule has 5 rings (SSSR count). The summed E-state index contributed by atoms with van der Waals surface area (Å²) in [5.74, 6) is -0.131. The predicted octanol–water partition coefficient (Wildman–Crippen LogP) is 6.80. The lowest BCUT2D eigenvalue weighted by Crippen LogP contribution is -2.12. The van der Waals surface area contributed by atoms with E-state index in [1.54, 1.807) is 36.4 Å². The fourth-order valence-corrected chi connectivity index (χ4v) is 3.89. The van der Waals surface area contributed by atoms with Crippen LogP contribution >= 0.6 is 15.9 Å². The maximum Gasteiger partial charge on any atom is 0.256 e. The lowest BCUT2D eigenvalue weighted by molar-refractivity contribution is 0.102. The highest BCUT2D eigenvalue weighted by Gasteiger charge is 2.13. The minimum absolute atomic E-state index is 0.208. The zero-order valence-corrected chi connectivity index (χ0v) is 17.1. The molecule has 1 N–H and O–H groups in total. The number of nitrogens with zero attached hydrogens (tertiary/aromatic N) is 1. The van der Waals surface area contributed by atoms with Crippen LogP contribution in [0, 0.1) is 5.82 Å². The molecule has 30 heavy (non-hydrogen) atoms. The van der Waals surface area contributed by atoms with Crippen LogP contribution in [-0.2, 0) is 0 Å². The van der Waals surface area contributed by atoms with Gasteiger partial charge in [-0.3, -0.25) is 4.79 Å². The number of halogens is 2. The number of carbonyl (C=O) groups excluding carboxylic acids is 1. The van der Waals surface area contributed by atoms with Gasteiger partial charge in [0.15, 0.2) is 5.58 Å². The fourth-order valence-electron chi connectivity index (χ4n) is 3.39. The first kappa shape index (κ1) is 18.5.